The first-order chi connectivity index (χ1) is 20.4. The van der Waals surface area contributed by atoms with E-state index in [1.165, 1.54) is 16.7 Å². The van der Waals surface area contributed by atoms with Gasteiger partial charge in [0.1, 0.15) is 5.75 Å². The summed E-state index contributed by atoms with van der Waals surface area (Å²) >= 11 is 0. The van der Waals surface area contributed by atoms with E-state index in [9.17, 15) is 5.11 Å². The lowest BCUT2D eigenvalue weighted by molar-refractivity contribution is 0.228. The maximum absolute atomic E-state index is 11.3. The lowest BCUT2D eigenvalue weighted by Gasteiger charge is -2.35. The minimum Gasteiger partial charge on any atom is -0.504 e. The van der Waals surface area contributed by atoms with Gasteiger partial charge in [-0.3, -0.25) is 4.90 Å². The Labute approximate surface area is 247 Å². The van der Waals surface area contributed by atoms with E-state index in [4.69, 9.17) is 18.9 Å². The number of aromatic hydroxyl groups is 1. The number of hydrogen-bond donors (Lipinski definition) is 2. The minimum absolute atomic E-state index is 0.119. The predicted molar refractivity (Wildman–Crippen MR) is 164 cm³/mol. The van der Waals surface area contributed by atoms with Crippen molar-refractivity contribution >= 4 is 0 Å². The number of phenols is 1. The standard InChI is InChI=1S/C35H38N2O5/c1-21-6-12-26-28(36-2)16-23-9-13-30(39-4)32(18-23)41-25-10-7-22(8-11-25)17-29-27-20-33(42-35(26)34(21)38)31(40-5)19-24(27)14-15-37(29)3/h6-13,18-20,28-29,36,38H,14-17H2,1-5H3/t28-,29-/m0/s1. The molecule has 7 rings (SSSR count). The fourth-order valence-corrected chi connectivity index (χ4v) is 6.09. The van der Waals surface area contributed by atoms with Gasteiger partial charge in [-0.25, -0.2) is 0 Å². The number of likely N-dealkylation sites (N-methyl/N-ethyl adjacent to an activating group) is 2. The summed E-state index contributed by atoms with van der Waals surface area (Å²) in [5.74, 6) is 3.86. The van der Waals surface area contributed by atoms with Gasteiger partial charge in [0.2, 0.25) is 0 Å². The first-order valence-electron chi connectivity index (χ1n) is 14.4. The molecule has 7 nitrogen and oxygen atoms in total. The molecule has 218 valence electrons. The average Bonchev–Trinajstić information content (AvgIpc) is 3.00. The number of fused-ring (bicyclic) bond motifs is 3. The zero-order valence-electron chi connectivity index (χ0n) is 24.9. The van der Waals surface area contributed by atoms with E-state index >= 15 is 0 Å². The third kappa shape index (κ3) is 5.26. The lowest BCUT2D eigenvalue weighted by Crippen LogP contribution is -2.33. The highest BCUT2D eigenvalue weighted by Gasteiger charge is 2.29. The SMILES string of the molecule is CN[C@H]1Cc2ccc(OC)c(c2)Oc2ccc(cc2)C[C@H]2c3cc(c(OC)cc3CCN2C)Oc2c1ccc(C)c2O. The maximum atomic E-state index is 11.3. The molecule has 0 amide bonds. The van der Waals surface area contributed by atoms with Crippen LogP contribution in [0.1, 0.15) is 45.5 Å². The predicted octanol–water partition coefficient (Wildman–Crippen LogP) is 6.89. The monoisotopic (exact) mass is 566 g/mol. The fourth-order valence-electron chi connectivity index (χ4n) is 6.09. The molecule has 0 aliphatic carbocycles. The molecular formula is C35H38N2O5. The highest BCUT2D eigenvalue weighted by Crippen LogP contribution is 2.46. The normalized spacial score (nSPS) is 18.2. The smallest absolute Gasteiger partial charge is 0.174 e. The molecule has 2 N–H and O–H groups in total. The van der Waals surface area contributed by atoms with Crippen LogP contribution in [-0.4, -0.2) is 44.9 Å². The molecule has 0 unspecified atom stereocenters. The first-order valence-corrected chi connectivity index (χ1v) is 14.4. The van der Waals surface area contributed by atoms with E-state index < -0.39 is 0 Å². The Morgan fingerprint density at radius 1 is 0.833 bits per heavy atom. The second-order valence-corrected chi connectivity index (χ2v) is 11.2. The summed E-state index contributed by atoms with van der Waals surface area (Å²) < 4.78 is 24.5. The van der Waals surface area contributed by atoms with Crippen LogP contribution in [0, 0.1) is 6.92 Å². The molecule has 0 aromatic heterocycles. The Morgan fingerprint density at radius 3 is 2.31 bits per heavy atom. The van der Waals surface area contributed by atoms with Crippen LogP contribution in [0.3, 0.4) is 0 Å². The molecule has 7 heteroatoms. The fraction of sp³-hybridized carbons (Fsp3) is 0.314. The van der Waals surface area contributed by atoms with Gasteiger partial charge >= 0.3 is 0 Å². The zero-order valence-corrected chi connectivity index (χ0v) is 24.9. The van der Waals surface area contributed by atoms with Crippen LogP contribution in [0.4, 0.5) is 0 Å². The average molecular weight is 567 g/mol. The van der Waals surface area contributed by atoms with Gasteiger partial charge < -0.3 is 29.4 Å². The molecule has 0 saturated heterocycles. The summed E-state index contributed by atoms with van der Waals surface area (Å²) in [7, 11) is 7.40. The molecule has 4 aromatic carbocycles. The Kier molecular flexibility index (Phi) is 7.71. The molecule has 2 atom stereocenters. The van der Waals surface area contributed by atoms with Crippen molar-refractivity contribution in [3.05, 3.63) is 100 Å². The van der Waals surface area contributed by atoms with Crippen LogP contribution in [0.2, 0.25) is 0 Å². The molecule has 3 heterocycles. The van der Waals surface area contributed by atoms with E-state index in [2.05, 4.69) is 41.5 Å². The van der Waals surface area contributed by atoms with Crippen molar-refractivity contribution in [1.29, 1.82) is 0 Å². The minimum atomic E-state index is -0.159. The van der Waals surface area contributed by atoms with E-state index in [-0.39, 0.29) is 17.8 Å². The largest absolute Gasteiger partial charge is 0.504 e. The van der Waals surface area contributed by atoms with Crippen LogP contribution < -0.4 is 24.3 Å². The van der Waals surface area contributed by atoms with E-state index in [0.717, 1.165) is 41.8 Å². The van der Waals surface area contributed by atoms with Crippen LogP contribution >= 0.6 is 0 Å². The van der Waals surface area contributed by atoms with Gasteiger partial charge in [-0.1, -0.05) is 30.3 Å². The van der Waals surface area contributed by atoms with Gasteiger partial charge in [-0.2, -0.15) is 0 Å². The van der Waals surface area contributed by atoms with Crippen molar-refractivity contribution in [2.75, 3.05) is 34.9 Å². The molecule has 4 aromatic rings. The number of nitrogens with one attached hydrogen (secondary N) is 1. The second kappa shape index (κ2) is 11.6. The Balaban J connectivity index is 1.54. The van der Waals surface area contributed by atoms with Crippen molar-refractivity contribution in [3.8, 4) is 40.2 Å². The quantitative estimate of drug-likeness (QED) is 0.280. The van der Waals surface area contributed by atoms with Crippen LogP contribution in [0.25, 0.3) is 0 Å². The van der Waals surface area contributed by atoms with E-state index in [1.54, 1.807) is 14.2 Å². The Morgan fingerprint density at radius 2 is 1.57 bits per heavy atom. The number of benzene rings is 4. The van der Waals surface area contributed by atoms with Crippen molar-refractivity contribution < 1.29 is 24.1 Å². The third-order valence-corrected chi connectivity index (χ3v) is 8.60. The number of nitrogens with zero attached hydrogens (tertiary/aromatic N) is 1. The Bertz CT molecular complexity index is 1600. The van der Waals surface area contributed by atoms with Crippen molar-refractivity contribution in [2.24, 2.45) is 0 Å². The third-order valence-electron chi connectivity index (χ3n) is 8.60. The van der Waals surface area contributed by atoms with Gasteiger partial charge in [-0.05, 0) is 104 Å². The highest BCUT2D eigenvalue weighted by atomic mass is 16.5. The number of ether oxygens (including phenoxy) is 4. The lowest BCUT2D eigenvalue weighted by atomic mass is 9.88. The van der Waals surface area contributed by atoms with E-state index in [0.29, 0.717) is 35.2 Å². The van der Waals surface area contributed by atoms with Crippen molar-refractivity contribution in [1.82, 2.24) is 10.2 Å². The van der Waals surface area contributed by atoms with Gasteiger partial charge in [0.25, 0.3) is 0 Å². The molecular weight excluding hydrogens is 528 g/mol. The number of phenolic OH excluding ortho intramolecular Hbond substituents is 1. The highest BCUT2D eigenvalue weighted by molar-refractivity contribution is 5.58. The number of hydrogen-bond acceptors (Lipinski definition) is 7. The Hall–Kier alpha value is -4.20. The van der Waals surface area contributed by atoms with Crippen LogP contribution in [0.15, 0.2) is 66.7 Å². The molecule has 0 fully saturated rings. The van der Waals surface area contributed by atoms with Crippen LogP contribution in [0.5, 0.6) is 40.2 Å². The summed E-state index contributed by atoms with van der Waals surface area (Å²) in [5, 5.41) is 14.8. The maximum Gasteiger partial charge on any atom is 0.174 e. The summed E-state index contributed by atoms with van der Waals surface area (Å²) in [6, 6.07) is 22.4. The topological polar surface area (TPSA) is 72.4 Å². The molecule has 42 heavy (non-hydrogen) atoms. The van der Waals surface area contributed by atoms with Crippen LogP contribution in [-0.2, 0) is 19.3 Å². The van der Waals surface area contributed by atoms with Gasteiger partial charge in [-0.15, -0.1) is 0 Å². The molecule has 0 radical (unpaired) electrons. The summed E-state index contributed by atoms with van der Waals surface area (Å²) in [6.07, 6.45) is 2.38. The molecule has 3 aliphatic heterocycles. The summed E-state index contributed by atoms with van der Waals surface area (Å²) in [5.41, 5.74) is 6.31. The molecule has 6 bridgehead atoms. The number of rotatable bonds is 3. The number of aryl methyl sites for hydroxylation is 1. The van der Waals surface area contributed by atoms with Crippen molar-refractivity contribution in [2.45, 2.75) is 38.3 Å². The van der Waals surface area contributed by atoms with E-state index in [1.807, 2.05) is 56.4 Å². The van der Waals surface area contributed by atoms with Gasteiger partial charge in [0.05, 0.1) is 14.2 Å². The molecule has 0 spiro atoms. The first kappa shape index (κ1) is 27.9. The second-order valence-electron chi connectivity index (χ2n) is 11.2. The van der Waals surface area contributed by atoms with Crippen molar-refractivity contribution in [3.63, 3.8) is 0 Å². The number of methoxy groups -OCH3 is 2. The molecule has 3 aliphatic rings. The van der Waals surface area contributed by atoms with Gasteiger partial charge in [0.15, 0.2) is 34.5 Å². The zero-order chi connectivity index (χ0) is 29.4. The van der Waals surface area contributed by atoms with Gasteiger partial charge in [0, 0.05) is 24.2 Å². The summed E-state index contributed by atoms with van der Waals surface area (Å²) in [6.45, 7) is 2.83. The molecule has 0 saturated carbocycles. The summed E-state index contributed by atoms with van der Waals surface area (Å²) in [4.78, 5) is 2.39.